The van der Waals surface area contributed by atoms with Crippen LogP contribution in [0, 0.1) is 12.8 Å². The van der Waals surface area contributed by atoms with Crippen molar-refractivity contribution < 1.29 is 5.11 Å². The molecule has 0 saturated carbocycles. The van der Waals surface area contributed by atoms with Crippen LogP contribution < -0.4 is 5.32 Å². The summed E-state index contributed by atoms with van der Waals surface area (Å²) >= 11 is 6.14. The zero-order valence-electron chi connectivity index (χ0n) is 11.0. The summed E-state index contributed by atoms with van der Waals surface area (Å²) in [5, 5.41) is 17.5. The third-order valence-electron chi connectivity index (χ3n) is 2.81. The van der Waals surface area contributed by atoms with E-state index in [9.17, 15) is 5.11 Å². The van der Waals surface area contributed by atoms with Gasteiger partial charge in [0.05, 0.1) is 12.3 Å². The molecule has 98 valence electrons. The number of rotatable bonds is 6. The molecule has 0 saturated heterocycles. The Balaban J connectivity index is 2.59. The van der Waals surface area contributed by atoms with Crippen LogP contribution in [0.1, 0.15) is 31.5 Å². The Bertz CT molecular complexity index is 363. The normalized spacial score (nSPS) is 13.4. The Morgan fingerprint density at radius 1 is 1.47 bits per heavy atom. The fourth-order valence-electron chi connectivity index (χ4n) is 1.91. The van der Waals surface area contributed by atoms with Gasteiger partial charge in [0.2, 0.25) is 0 Å². The highest BCUT2D eigenvalue weighted by molar-refractivity contribution is 6.30. The topological polar surface area (TPSA) is 50.1 Å². The highest BCUT2D eigenvalue weighted by atomic mass is 35.5. The number of hydrogen-bond donors (Lipinski definition) is 2. The van der Waals surface area contributed by atoms with E-state index in [1.807, 2.05) is 14.0 Å². The van der Waals surface area contributed by atoms with Crippen LogP contribution in [0.25, 0.3) is 0 Å². The summed E-state index contributed by atoms with van der Waals surface area (Å²) in [4.78, 5) is 0. The smallest absolute Gasteiger partial charge is 0.131 e. The van der Waals surface area contributed by atoms with Gasteiger partial charge in [-0.3, -0.25) is 4.68 Å². The Morgan fingerprint density at radius 2 is 2.12 bits per heavy atom. The molecule has 1 atom stereocenters. The lowest BCUT2D eigenvalue weighted by atomic mass is 10.0. The molecular weight excluding hydrogens is 238 g/mol. The van der Waals surface area contributed by atoms with Gasteiger partial charge in [-0.2, -0.15) is 5.10 Å². The minimum atomic E-state index is 0.116. The van der Waals surface area contributed by atoms with Crippen molar-refractivity contribution in [2.75, 3.05) is 6.61 Å². The van der Waals surface area contributed by atoms with Gasteiger partial charge in [0.15, 0.2) is 0 Å². The zero-order valence-corrected chi connectivity index (χ0v) is 11.8. The Kier molecular flexibility index (Phi) is 5.43. The second-order valence-corrected chi connectivity index (χ2v) is 5.23. The van der Waals surface area contributed by atoms with E-state index in [1.54, 1.807) is 4.68 Å². The van der Waals surface area contributed by atoms with Crippen molar-refractivity contribution in [3.63, 3.8) is 0 Å². The highest BCUT2D eigenvalue weighted by Crippen LogP contribution is 2.18. The molecule has 1 aromatic rings. The number of nitrogens with zero attached hydrogens (tertiary/aromatic N) is 2. The number of aliphatic hydroxyl groups is 1. The lowest BCUT2D eigenvalue weighted by Gasteiger charge is -2.18. The van der Waals surface area contributed by atoms with Crippen molar-refractivity contribution in [2.45, 2.75) is 39.8 Å². The van der Waals surface area contributed by atoms with E-state index in [0.29, 0.717) is 17.6 Å². The molecule has 0 spiro atoms. The maximum atomic E-state index is 9.28. The fourth-order valence-corrected chi connectivity index (χ4v) is 2.15. The zero-order chi connectivity index (χ0) is 13.0. The van der Waals surface area contributed by atoms with E-state index in [4.69, 9.17) is 11.6 Å². The fraction of sp³-hybridized carbons (Fsp3) is 0.750. The van der Waals surface area contributed by atoms with Crippen molar-refractivity contribution in [2.24, 2.45) is 13.0 Å². The van der Waals surface area contributed by atoms with Crippen LogP contribution >= 0.6 is 11.6 Å². The van der Waals surface area contributed by atoms with E-state index >= 15 is 0 Å². The number of aliphatic hydroxyl groups excluding tert-OH is 1. The van der Waals surface area contributed by atoms with E-state index < -0.39 is 0 Å². The first kappa shape index (κ1) is 14.5. The second-order valence-electron chi connectivity index (χ2n) is 4.87. The molecule has 0 bridgehead atoms. The van der Waals surface area contributed by atoms with Crippen LogP contribution in [-0.4, -0.2) is 27.5 Å². The van der Waals surface area contributed by atoms with Crippen molar-refractivity contribution >= 4 is 11.6 Å². The average molecular weight is 260 g/mol. The van der Waals surface area contributed by atoms with Crippen molar-refractivity contribution in [3.8, 4) is 0 Å². The summed E-state index contributed by atoms with van der Waals surface area (Å²) in [5.74, 6) is 0.560. The summed E-state index contributed by atoms with van der Waals surface area (Å²) in [6, 6.07) is 0.116. The average Bonchev–Trinajstić information content (AvgIpc) is 2.49. The van der Waals surface area contributed by atoms with Gasteiger partial charge in [0.1, 0.15) is 5.15 Å². The molecule has 1 heterocycles. The molecule has 0 radical (unpaired) electrons. The lowest BCUT2D eigenvalue weighted by molar-refractivity contribution is 0.223. The molecule has 17 heavy (non-hydrogen) atoms. The second kappa shape index (κ2) is 6.38. The standard InChI is InChI=1S/C12H22ClN3O/c1-8(2)5-10(7-17)14-6-11-9(3)15-16(4)12(11)13/h8,10,14,17H,5-7H2,1-4H3. The molecule has 0 amide bonds. The summed E-state index contributed by atoms with van der Waals surface area (Å²) in [5.41, 5.74) is 1.95. The maximum absolute atomic E-state index is 9.28. The van der Waals surface area contributed by atoms with Crippen LogP contribution in [0.4, 0.5) is 0 Å². The largest absolute Gasteiger partial charge is 0.395 e. The highest BCUT2D eigenvalue weighted by Gasteiger charge is 2.14. The van der Waals surface area contributed by atoms with E-state index in [0.717, 1.165) is 17.7 Å². The quantitative estimate of drug-likeness (QED) is 0.820. The third-order valence-corrected chi connectivity index (χ3v) is 3.29. The monoisotopic (exact) mass is 259 g/mol. The minimum absolute atomic E-state index is 0.116. The number of halogens is 1. The molecule has 2 N–H and O–H groups in total. The van der Waals surface area contributed by atoms with Crippen LogP contribution in [0.3, 0.4) is 0 Å². The Morgan fingerprint density at radius 3 is 2.53 bits per heavy atom. The predicted molar refractivity (Wildman–Crippen MR) is 70.1 cm³/mol. The summed E-state index contributed by atoms with van der Waals surface area (Å²) in [6.07, 6.45) is 0.952. The first-order chi connectivity index (χ1) is 7.95. The number of hydrogen-bond acceptors (Lipinski definition) is 3. The van der Waals surface area contributed by atoms with E-state index in [1.165, 1.54) is 0 Å². The molecule has 1 unspecified atom stereocenters. The SMILES string of the molecule is Cc1nn(C)c(Cl)c1CNC(CO)CC(C)C. The van der Waals surface area contributed by atoms with Gasteiger partial charge in [0.25, 0.3) is 0 Å². The number of aromatic nitrogens is 2. The molecule has 5 heteroatoms. The molecule has 0 aliphatic rings. The van der Waals surface area contributed by atoms with Gasteiger partial charge in [-0.05, 0) is 19.3 Å². The lowest BCUT2D eigenvalue weighted by Crippen LogP contribution is -2.33. The van der Waals surface area contributed by atoms with Crippen molar-refractivity contribution in [3.05, 3.63) is 16.4 Å². The molecule has 0 aliphatic heterocycles. The number of nitrogens with one attached hydrogen (secondary N) is 1. The van der Waals surface area contributed by atoms with Gasteiger partial charge in [-0.15, -0.1) is 0 Å². The molecule has 0 fully saturated rings. The van der Waals surface area contributed by atoms with E-state index in [-0.39, 0.29) is 12.6 Å². The van der Waals surface area contributed by atoms with Crippen LogP contribution in [0.5, 0.6) is 0 Å². The predicted octanol–water partition coefficient (Wildman–Crippen LogP) is 1.88. The van der Waals surface area contributed by atoms with Gasteiger partial charge in [-0.1, -0.05) is 25.4 Å². The summed E-state index contributed by atoms with van der Waals surface area (Å²) < 4.78 is 1.67. The Hall–Kier alpha value is -0.580. The van der Waals surface area contributed by atoms with Gasteiger partial charge < -0.3 is 10.4 Å². The van der Waals surface area contributed by atoms with Gasteiger partial charge in [-0.25, -0.2) is 0 Å². The minimum Gasteiger partial charge on any atom is -0.395 e. The first-order valence-corrected chi connectivity index (χ1v) is 6.35. The van der Waals surface area contributed by atoms with Crippen molar-refractivity contribution in [1.29, 1.82) is 0 Å². The van der Waals surface area contributed by atoms with Gasteiger partial charge >= 0.3 is 0 Å². The molecule has 0 aliphatic carbocycles. The molecule has 4 nitrogen and oxygen atoms in total. The molecule has 1 aromatic heterocycles. The summed E-state index contributed by atoms with van der Waals surface area (Å²) in [6.45, 7) is 7.03. The molecule has 1 rings (SSSR count). The first-order valence-electron chi connectivity index (χ1n) is 5.97. The third kappa shape index (κ3) is 3.98. The Labute approximate surface area is 108 Å². The van der Waals surface area contributed by atoms with E-state index in [2.05, 4.69) is 24.3 Å². The van der Waals surface area contributed by atoms with Crippen LogP contribution in [0.15, 0.2) is 0 Å². The molecular formula is C12H22ClN3O. The van der Waals surface area contributed by atoms with Crippen molar-refractivity contribution in [1.82, 2.24) is 15.1 Å². The molecule has 0 aromatic carbocycles. The van der Waals surface area contributed by atoms with Crippen LogP contribution in [-0.2, 0) is 13.6 Å². The number of aryl methyl sites for hydroxylation is 2. The summed E-state index contributed by atoms with van der Waals surface area (Å²) in [7, 11) is 1.83. The maximum Gasteiger partial charge on any atom is 0.131 e. The van der Waals surface area contributed by atoms with Gasteiger partial charge in [0, 0.05) is 25.2 Å². The van der Waals surface area contributed by atoms with Crippen LogP contribution in [0.2, 0.25) is 5.15 Å².